The molecule has 0 unspecified atom stereocenters. The number of fused-ring (bicyclic) bond motifs is 2. The van der Waals surface area contributed by atoms with Gasteiger partial charge in [0.15, 0.2) is 5.75 Å². The van der Waals surface area contributed by atoms with E-state index >= 15 is 0 Å². The summed E-state index contributed by atoms with van der Waals surface area (Å²) in [5.74, 6) is 3.43. The lowest BCUT2D eigenvalue weighted by molar-refractivity contribution is -0.130. The van der Waals surface area contributed by atoms with E-state index in [1.807, 2.05) is 59.5 Å². The quantitative estimate of drug-likeness (QED) is 0.560. The fourth-order valence-electron chi connectivity index (χ4n) is 4.49. The maximum atomic E-state index is 13.0. The molecule has 6 nitrogen and oxygen atoms in total. The zero-order valence-electron chi connectivity index (χ0n) is 19.7. The molecule has 0 bridgehead atoms. The molecule has 0 aliphatic carbocycles. The number of hydrogen-bond donors (Lipinski definition) is 0. The van der Waals surface area contributed by atoms with Crippen molar-refractivity contribution in [3.8, 4) is 17.2 Å². The standard InChI is InChI=1S/C28H29N3O3/c1-20-8-13-25-23(18-20)28(29-24-6-3-4-7-26(24)34-25)31-15-5-14-30(16-17-31)27(32)19-21-9-11-22(33-2)12-10-21/h3-4,6-13,18H,5,14-17,19H2,1-2H3. The highest BCUT2D eigenvalue weighted by molar-refractivity contribution is 6.04. The van der Waals surface area contributed by atoms with Crippen molar-refractivity contribution in [2.24, 2.45) is 4.99 Å². The number of amidine groups is 1. The molecule has 174 valence electrons. The Hall–Kier alpha value is -3.80. The molecule has 0 radical (unpaired) electrons. The topological polar surface area (TPSA) is 54.4 Å². The first-order chi connectivity index (χ1) is 16.6. The molecule has 0 spiro atoms. The van der Waals surface area contributed by atoms with E-state index in [4.69, 9.17) is 14.5 Å². The van der Waals surface area contributed by atoms with E-state index in [0.29, 0.717) is 13.0 Å². The Labute approximate surface area is 200 Å². The maximum Gasteiger partial charge on any atom is 0.227 e. The molecule has 1 fully saturated rings. The van der Waals surface area contributed by atoms with E-state index in [2.05, 4.69) is 24.0 Å². The van der Waals surface area contributed by atoms with Crippen LogP contribution in [0.2, 0.25) is 0 Å². The number of amides is 1. The molecule has 0 aromatic heterocycles. The van der Waals surface area contributed by atoms with Gasteiger partial charge in [-0.2, -0.15) is 0 Å². The molecule has 0 atom stereocenters. The summed E-state index contributed by atoms with van der Waals surface area (Å²) in [6.07, 6.45) is 1.28. The van der Waals surface area contributed by atoms with Gasteiger partial charge in [-0.25, -0.2) is 4.99 Å². The SMILES string of the molecule is COc1ccc(CC(=O)N2CCCN(C3=Nc4ccccc4Oc4ccc(C)cc43)CC2)cc1. The summed E-state index contributed by atoms with van der Waals surface area (Å²) in [5, 5.41) is 0. The molecular weight excluding hydrogens is 426 g/mol. The zero-order valence-corrected chi connectivity index (χ0v) is 19.7. The largest absolute Gasteiger partial charge is 0.497 e. The van der Waals surface area contributed by atoms with Crippen LogP contribution >= 0.6 is 0 Å². The lowest BCUT2D eigenvalue weighted by atomic mass is 10.1. The summed E-state index contributed by atoms with van der Waals surface area (Å²) < 4.78 is 11.5. The van der Waals surface area contributed by atoms with E-state index in [1.165, 1.54) is 0 Å². The molecule has 34 heavy (non-hydrogen) atoms. The van der Waals surface area contributed by atoms with Crippen molar-refractivity contribution in [2.45, 2.75) is 19.8 Å². The molecular formula is C28H29N3O3. The number of aryl methyl sites for hydroxylation is 1. The molecule has 0 saturated carbocycles. The smallest absolute Gasteiger partial charge is 0.227 e. The molecule has 3 aromatic rings. The van der Waals surface area contributed by atoms with E-state index in [9.17, 15) is 4.79 Å². The number of ether oxygens (including phenoxy) is 2. The van der Waals surface area contributed by atoms with Crippen molar-refractivity contribution in [2.75, 3.05) is 33.3 Å². The summed E-state index contributed by atoms with van der Waals surface area (Å²) in [5.41, 5.74) is 3.97. The third kappa shape index (κ3) is 4.62. The second kappa shape index (κ2) is 9.59. The van der Waals surface area contributed by atoms with E-state index in [1.54, 1.807) is 7.11 Å². The van der Waals surface area contributed by atoms with Crippen molar-refractivity contribution in [1.29, 1.82) is 0 Å². The second-order valence-corrected chi connectivity index (χ2v) is 8.75. The van der Waals surface area contributed by atoms with Gasteiger partial charge in [-0.3, -0.25) is 4.79 Å². The van der Waals surface area contributed by atoms with Crippen LogP contribution in [-0.4, -0.2) is 54.8 Å². The van der Waals surface area contributed by atoms with Crippen LogP contribution in [-0.2, 0) is 11.2 Å². The van der Waals surface area contributed by atoms with Crippen molar-refractivity contribution >= 4 is 17.4 Å². The lowest BCUT2D eigenvalue weighted by Gasteiger charge is -2.25. The van der Waals surface area contributed by atoms with Gasteiger partial charge in [-0.15, -0.1) is 0 Å². The Morgan fingerprint density at radius 3 is 2.62 bits per heavy atom. The van der Waals surface area contributed by atoms with Crippen LogP contribution in [0, 0.1) is 6.92 Å². The van der Waals surface area contributed by atoms with Crippen LogP contribution in [0.15, 0.2) is 71.7 Å². The molecule has 2 heterocycles. The van der Waals surface area contributed by atoms with Gasteiger partial charge in [0.2, 0.25) is 5.91 Å². The van der Waals surface area contributed by atoms with Gasteiger partial charge in [0.25, 0.3) is 0 Å². The van der Waals surface area contributed by atoms with Gasteiger partial charge in [0.05, 0.1) is 19.1 Å². The molecule has 1 saturated heterocycles. The van der Waals surface area contributed by atoms with Crippen molar-refractivity contribution in [3.05, 3.63) is 83.4 Å². The van der Waals surface area contributed by atoms with Crippen LogP contribution < -0.4 is 9.47 Å². The third-order valence-corrected chi connectivity index (χ3v) is 6.35. The van der Waals surface area contributed by atoms with E-state index in [-0.39, 0.29) is 5.91 Å². The van der Waals surface area contributed by atoms with Gasteiger partial charge < -0.3 is 19.3 Å². The highest BCUT2D eigenvalue weighted by Crippen LogP contribution is 2.38. The van der Waals surface area contributed by atoms with Gasteiger partial charge in [-0.1, -0.05) is 35.9 Å². The molecule has 3 aromatic carbocycles. The highest BCUT2D eigenvalue weighted by Gasteiger charge is 2.26. The number of para-hydroxylation sites is 2. The first kappa shape index (κ1) is 22.0. The van der Waals surface area contributed by atoms with Gasteiger partial charge in [-0.05, 0) is 55.3 Å². The number of rotatable bonds is 3. The Kier molecular flexibility index (Phi) is 6.21. The molecule has 2 aliphatic heterocycles. The van der Waals surface area contributed by atoms with Crippen LogP contribution in [0.1, 0.15) is 23.1 Å². The van der Waals surface area contributed by atoms with Gasteiger partial charge in [0, 0.05) is 26.2 Å². The highest BCUT2D eigenvalue weighted by atomic mass is 16.5. The summed E-state index contributed by atoms with van der Waals surface area (Å²) in [6, 6.07) is 21.8. The minimum absolute atomic E-state index is 0.153. The third-order valence-electron chi connectivity index (χ3n) is 6.35. The number of benzene rings is 3. The summed E-state index contributed by atoms with van der Waals surface area (Å²) in [4.78, 5) is 22.4. The number of carbonyl (C=O) groups is 1. The zero-order chi connectivity index (χ0) is 23.5. The Balaban J connectivity index is 1.36. The monoisotopic (exact) mass is 455 g/mol. The predicted molar refractivity (Wildman–Crippen MR) is 133 cm³/mol. The Morgan fingerprint density at radius 2 is 1.79 bits per heavy atom. The normalized spacial score (nSPS) is 15.3. The molecule has 0 N–H and O–H groups in total. The average Bonchev–Trinajstić information content (AvgIpc) is 3.19. The minimum Gasteiger partial charge on any atom is -0.497 e. The summed E-state index contributed by atoms with van der Waals surface area (Å²) in [6.45, 7) is 5.05. The second-order valence-electron chi connectivity index (χ2n) is 8.75. The van der Waals surface area contributed by atoms with E-state index in [0.717, 1.165) is 71.5 Å². The van der Waals surface area contributed by atoms with Crippen LogP contribution in [0.25, 0.3) is 0 Å². The molecule has 2 aliphatic rings. The van der Waals surface area contributed by atoms with Gasteiger partial charge in [0.1, 0.15) is 23.0 Å². The lowest BCUT2D eigenvalue weighted by Crippen LogP contribution is -2.38. The molecule has 1 amide bonds. The van der Waals surface area contributed by atoms with Crippen LogP contribution in [0.4, 0.5) is 5.69 Å². The molecule has 6 heteroatoms. The fourth-order valence-corrected chi connectivity index (χ4v) is 4.49. The number of methoxy groups -OCH3 is 1. The van der Waals surface area contributed by atoms with Crippen molar-refractivity contribution in [3.63, 3.8) is 0 Å². The fraction of sp³-hybridized carbons (Fsp3) is 0.286. The average molecular weight is 456 g/mol. The van der Waals surface area contributed by atoms with Crippen LogP contribution in [0.5, 0.6) is 17.2 Å². The van der Waals surface area contributed by atoms with Crippen LogP contribution in [0.3, 0.4) is 0 Å². The first-order valence-electron chi connectivity index (χ1n) is 11.7. The number of nitrogens with zero attached hydrogens (tertiary/aromatic N) is 3. The minimum atomic E-state index is 0.153. The number of hydrogen-bond acceptors (Lipinski definition) is 5. The molecule has 5 rings (SSSR count). The Morgan fingerprint density at radius 1 is 0.971 bits per heavy atom. The Bertz CT molecular complexity index is 1220. The van der Waals surface area contributed by atoms with E-state index < -0.39 is 0 Å². The maximum absolute atomic E-state index is 13.0. The van der Waals surface area contributed by atoms with Crippen molar-refractivity contribution < 1.29 is 14.3 Å². The first-order valence-corrected chi connectivity index (χ1v) is 11.7. The summed E-state index contributed by atoms with van der Waals surface area (Å²) in [7, 11) is 1.64. The summed E-state index contributed by atoms with van der Waals surface area (Å²) >= 11 is 0. The van der Waals surface area contributed by atoms with Gasteiger partial charge >= 0.3 is 0 Å². The predicted octanol–water partition coefficient (Wildman–Crippen LogP) is 4.96. The van der Waals surface area contributed by atoms with Crippen molar-refractivity contribution in [1.82, 2.24) is 9.80 Å². The number of carbonyl (C=O) groups excluding carboxylic acids is 1. The number of aliphatic imine (C=N–C) groups is 1.